The summed E-state index contributed by atoms with van der Waals surface area (Å²) in [6.07, 6.45) is 0.823. The van der Waals surface area contributed by atoms with Crippen LogP contribution in [0.5, 0.6) is 11.5 Å². The van der Waals surface area contributed by atoms with Crippen molar-refractivity contribution in [1.29, 1.82) is 0 Å². The highest BCUT2D eigenvalue weighted by Crippen LogP contribution is 2.33. The number of benzene rings is 3. The van der Waals surface area contributed by atoms with Crippen molar-refractivity contribution in [2.45, 2.75) is 20.1 Å². The molecule has 0 aliphatic rings. The number of ether oxygens (including phenoxy) is 2. The zero-order valence-corrected chi connectivity index (χ0v) is 14.1. The molecule has 0 atom stereocenters. The lowest BCUT2D eigenvalue weighted by Gasteiger charge is -2.16. The first-order valence-corrected chi connectivity index (χ1v) is 8.19. The summed E-state index contributed by atoms with van der Waals surface area (Å²) in [6.45, 7) is 2.79. The van der Waals surface area contributed by atoms with Crippen LogP contribution in [0.15, 0.2) is 72.8 Å². The van der Waals surface area contributed by atoms with Crippen molar-refractivity contribution in [3.8, 4) is 11.5 Å². The fraction of sp³-hybridized carbons (Fsp3) is 0.136. The molecular formula is C22H20O3. The summed E-state index contributed by atoms with van der Waals surface area (Å²) < 4.78 is 12.0. The average molecular weight is 332 g/mol. The van der Waals surface area contributed by atoms with Gasteiger partial charge in [0.1, 0.15) is 19.5 Å². The van der Waals surface area contributed by atoms with E-state index in [1.165, 1.54) is 0 Å². The van der Waals surface area contributed by atoms with Gasteiger partial charge in [0.05, 0.1) is 0 Å². The fourth-order valence-electron chi connectivity index (χ4n) is 2.59. The molecule has 0 aliphatic heterocycles. The van der Waals surface area contributed by atoms with Gasteiger partial charge in [0, 0.05) is 5.56 Å². The fourth-order valence-corrected chi connectivity index (χ4v) is 2.59. The van der Waals surface area contributed by atoms with Gasteiger partial charge >= 0.3 is 0 Å². The Balaban J connectivity index is 1.81. The molecule has 3 nitrogen and oxygen atoms in total. The number of hydrogen-bond acceptors (Lipinski definition) is 3. The zero-order chi connectivity index (χ0) is 17.5. The number of rotatable bonds is 7. The summed E-state index contributed by atoms with van der Waals surface area (Å²) in [5, 5.41) is 0. The van der Waals surface area contributed by atoms with Gasteiger partial charge in [-0.3, -0.25) is 4.79 Å². The first kappa shape index (κ1) is 16.8. The largest absolute Gasteiger partial charge is 0.485 e. The second-order valence-electron chi connectivity index (χ2n) is 5.83. The standard InChI is InChI=1S/C22H20O3/c1-17-12-20(14-23)13-21(24-15-18-8-4-2-5-9-18)22(17)25-16-19-10-6-3-7-11-19/h2-14H,15-16H2,1H3. The molecular weight excluding hydrogens is 312 g/mol. The minimum absolute atomic E-state index is 0.421. The summed E-state index contributed by atoms with van der Waals surface area (Å²) in [5.41, 5.74) is 3.59. The Hall–Kier alpha value is -3.07. The lowest BCUT2D eigenvalue weighted by molar-refractivity contribution is 0.112. The van der Waals surface area contributed by atoms with Gasteiger partial charge in [0.25, 0.3) is 0 Å². The molecule has 3 rings (SSSR count). The highest BCUT2D eigenvalue weighted by atomic mass is 16.5. The molecule has 0 spiro atoms. The minimum atomic E-state index is 0.421. The minimum Gasteiger partial charge on any atom is -0.485 e. The van der Waals surface area contributed by atoms with Crippen LogP contribution in [0.3, 0.4) is 0 Å². The van der Waals surface area contributed by atoms with Crippen LogP contribution in [0.4, 0.5) is 0 Å². The first-order valence-electron chi connectivity index (χ1n) is 8.19. The quantitative estimate of drug-likeness (QED) is 0.573. The van der Waals surface area contributed by atoms with Crippen molar-refractivity contribution in [3.05, 3.63) is 95.1 Å². The van der Waals surface area contributed by atoms with E-state index in [-0.39, 0.29) is 0 Å². The maximum absolute atomic E-state index is 11.2. The van der Waals surface area contributed by atoms with E-state index >= 15 is 0 Å². The molecule has 0 amide bonds. The Morgan fingerprint density at radius 2 is 1.36 bits per heavy atom. The maximum Gasteiger partial charge on any atom is 0.164 e. The van der Waals surface area contributed by atoms with Gasteiger partial charge in [0.15, 0.2) is 11.5 Å². The summed E-state index contributed by atoms with van der Waals surface area (Å²) in [4.78, 5) is 11.2. The molecule has 0 N–H and O–H groups in total. The van der Waals surface area contributed by atoms with Crippen molar-refractivity contribution in [2.24, 2.45) is 0 Å². The molecule has 0 fully saturated rings. The summed E-state index contributed by atoms with van der Waals surface area (Å²) in [6, 6.07) is 23.4. The van der Waals surface area contributed by atoms with Crippen molar-refractivity contribution < 1.29 is 14.3 Å². The maximum atomic E-state index is 11.2. The van der Waals surface area contributed by atoms with Crippen LogP contribution in [0.1, 0.15) is 27.0 Å². The summed E-state index contributed by atoms with van der Waals surface area (Å²) in [7, 11) is 0. The van der Waals surface area contributed by atoms with Crippen molar-refractivity contribution in [2.75, 3.05) is 0 Å². The molecule has 0 radical (unpaired) electrons. The van der Waals surface area contributed by atoms with E-state index in [1.54, 1.807) is 6.07 Å². The third-order valence-electron chi connectivity index (χ3n) is 3.86. The van der Waals surface area contributed by atoms with Crippen LogP contribution < -0.4 is 9.47 Å². The molecule has 0 aromatic heterocycles. The van der Waals surface area contributed by atoms with E-state index in [9.17, 15) is 4.79 Å². The predicted octanol–water partition coefficient (Wildman–Crippen LogP) is 4.97. The number of carbonyl (C=O) groups excluding carboxylic acids is 1. The molecule has 3 aromatic carbocycles. The second kappa shape index (κ2) is 8.15. The van der Waals surface area contributed by atoms with E-state index < -0.39 is 0 Å². The third kappa shape index (κ3) is 4.48. The molecule has 0 saturated carbocycles. The highest BCUT2D eigenvalue weighted by Gasteiger charge is 2.12. The van der Waals surface area contributed by atoms with E-state index in [4.69, 9.17) is 9.47 Å². The van der Waals surface area contributed by atoms with Gasteiger partial charge in [-0.15, -0.1) is 0 Å². The molecule has 0 saturated heterocycles. The van der Waals surface area contributed by atoms with Crippen molar-refractivity contribution in [3.63, 3.8) is 0 Å². The van der Waals surface area contributed by atoms with Crippen LogP contribution >= 0.6 is 0 Å². The van der Waals surface area contributed by atoms with Gasteiger partial charge < -0.3 is 9.47 Å². The van der Waals surface area contributed by atoms with Crippen molar-refractivity contribution >= 4 is 6.29 Å². The predicted molar refractivity (Wildman–Crippen MR) is 98.1 cm³/mol. The highest BCUT2D eigenvalue weighted by molar-refractivity contribution is 5.77. The first-order chi connectivity index (χ1) is 12.3. The van der Waals surface area contributed by atoms with Gasteiger partial charge in [-0.05, 0) is 35.7 Å². The van der Waals surface area contributed by atoms with Crippen LogP contribution in [-0.4, -0.2) is 6.29 Å². The van der Waals surface area contributed by atoms with Crippen molar-refractivity contribution in [1.82, 2.24) is 0 Å². The molecule has 126 valence electrons. The molecule has 0 unspecified atom stereocenters. The van der Waals surface area contributed by atoms with Crippen LogP contribution in [0.25, 0.3) is 0 Å². The van der Waals surface area contributed by atoms with Gasteiger partial charge in [-0.25, -0.2) is 0 Å². The van der Waals surface area contributed by atoms with E-state index in [0.717, 1.165) is 23.0 Å². The number of aryl methyl sites for hydroxylation is 1. The summed E-state index contributed by atoms with van der Waals surface area (Å²) in [5.74, 6) is 1.26. The molecule has 0 bridgehead atoms. The number of aldehydes is 1. The Labute approximate surface area is 147 Å². The van der Waals surface area contributed by atoms with Gasteiger partial charge in [-0.2, -0.15) is 0 Å². The number of hydrogen-bond donors (Lipinski definition) is 0. The van der Waals surface area contributed by atoms with Gasteiger partial charge in [-0.1, -0.05) is 60.7 Å². The average Bonchev–Trinajstić information content (AvgIpc) is 2.67. The molecule has 0 aliphatic carbocycles. The monoisotopic (exact) mass is 332 g/mol. The second-order valence-corrected chi connectivity index (χ2v) is 5.83. The summed E-state index contributed by atoms with van der Waals surface area (Å²) >= 11 is 0. The van der Waals surface area contributed by atoms with E-state index in [1.807, 2.05) is 73.7 Å². The van der Waals surface area contributed by atoms with E-state index in [2.05, 4.69) is 0 Å². The lowest BCUT2D eigenvalue weighted by Crippen LogP contribution is -2.03. The Morgan fingerprint density at radius 1 is 0.800 bits per heavy atom. The Kier molecular flexibility index (Phi) is 5.47. The van der Waals surface area contributed by atoms with Gasteiger partial charge in [0.2, 0.25) is 0 Å². The van der Waals surface area contributed by atoms with Crippen LogP contribution in [0.2, 0.25) is 0 Å². The molecule has 3 heteroatoms. The van der Waals surface area contributed by atoms with Crippen LogP contribution in [0, 0.1) is 6.92 Å². The van der Waals surface area contributed by atoms with Crippen LogP contribution in [-0.2, 0) is 13.2 Å². The molecule has 3 aromatic rings. The Bertz CT molecular complexity index is 827. The topological polar surface area (TPSA) is 35.5 Å². The lowest BCUT2D eigenvalue weighted by atomic mass is 10.1. The van der Waals surface area contributed by atoms with E-state index in [0.29, 0.717) is 30.3 Å². The zero-order valence-electron chi connectivity index (χ0n) is 14.1. The molecule has 0 heterocycles. The third-order valence-corrected chi connectivity index (χ3v) is 3.86. The Morgan fingerprint density at radius 3 is 1.92 bits per heavy atom. The normalized spacial score (nSPS) is 10.3. The smallest absolute Gasteiger partial charge is 0.164 e. The SMILES string of the molecule is Cc1cc(C=O)cc(OCc2ccccc2)c1OCc1ccccc1. The molecule has 25 heavy (non-hydrogen) atoms. The number of carbonyl (C=O) groups is 1.